The molecule has 4 rings (SSSR count). The van der Waals surface area contributed by atoms with E-state index in [9.17, 15) is 0 Å². The SMILES string of the molecule is Cc1cc(/N=N/Nc2cc(C)c3ccccc3c2)cc2ccccc12. The Morgan fingerprint density at radius 1 is 0.680 bits per heavy atom. The van der Waals surface area contributed by atoms with E-state index >= 15 is 0 Å². The smallest absolute Gasteiger partial charge is 0.0883 e. The molecular formula is C22H19N3. The number of hydrogen-bond acceptors (Lipinski definition) is 2. The van der Waals surface area contributed by atoms with E-state index in [1.165, 1.54) is 32.7 Å². The Hall–Kier alpha value is -3.20. The zero-order valence-corrected chi connectivity index (χ0v) is 14.3. The summed E-state index contributed by atoms with van der Waals surface area (Å²) >= 11 is 0. The molecule has 0 aliphatic carbocycles. The van der Waals surface area contributed by atoms with Gasteiger partial charge in [-0.2, -0.15) is 0 Å². The molecule has 4 aromatic rings. The summed E-state index contributed by atoms with van der Waals surface area (Å²) in [5.74, 6) is 0. The molecule has 0 atom stereocenters. The number of nitrogens with one attached hydrogen (secondary N) is 1. The molecule has 0 fully saturated rings. The highest BCUT2D eigenvalue weighted by Gasteiger charge is 2.01. The molecule has 3 nitrogen and oxygen atoms in total. The van der Waals surface area contributed by atoms with Gasteiger partial charge in [-0.25, -0.2) is 0 Å². The molecule has 0 saturated heterocycles. The number of rotatable bonds is 3. The van der Waals surface area contributed by atoms with Crippen molar-refractivity contribution < 1.29 is 0 Å². The Balaban J connectivity index is 1.61. The van der Waals surface area contributed by atoms with Crippen molar-refractivity contribution in [2.75, 3.05) is 5.43 Å². The monoisotopic (exact) mass is 325 g/mol. The predicted molar refractivity (Wildman–Crippen MR) is 106 cm³/mol. The van der Waals surface area contributed by atoms with Gasteiger partial charge in [0.2, 0.25) is 0 Å². The molecule has 1 N–H and O–H groups in total. The van der Waals surface area contributed by atoms with E-state index in [1.54, 1.807) is 0 Å². The van der Waals surface area contributed by atoms with Crippen molar-refractivity contribution in [3.63, 3.8) is 0 Å². The second kappa shape index (κ2) is 6.36. The quantitative estimate of drug-likeness (QED) is 0.329. The van der Waals surface area contributed by atoms with Crippen LogP contribution in [0.4, 0.5) is 11.4 Å². The third-order valence-electron chi connectivity index (χ3n) is 4.47. The number of aryl methyl sites for hydroxylation is 2. The molecule has 122 valence electrons. The Bertz CT molecular complexity index is 1100. The third kappa shape index (κ3) is 3.09. The van der Waals surface area contributed by atoms with E-state index in [4.69, 9.17) is 0 Å². The number of fused-ring (bicyclic) bond motifs is 2. The fraction of sp³-hybridized carbons (Fsp3) is 0.0909. The minimum atomic E-state index is 0.848. The van der Waals surface area contributed by atoms with Crippen LogP contribution in [-0.2, 0) is 0 Å². The molecule has 0 radical (unpaired) electrons. The molecule has 0 heterocycles. The van der Waals surface area contributed by atoms with Crippen molar-refractivity contribution in [3.8, 4) is 0 Å². The fourth-order valence-electron chi connectivity index (χ4n) is 3.25. The minimum Gasteiger partial charge on any atom is -0.260 e. The summed E-state index contributed by atoms with van der Waals surface area (Å²) in [4.78, 5) is 0. The third-order valence-corrected chi connectivity index (χ3v) is 4.47. The molecule has 4 aromatic carbocycles. The van der Waals surface area contributed by atoms with Gasteiger partial charge in [0.25, 0.3) is 0 Å². The highest BCUT2D eigenvalue weighted by Crippen LogP contribution is 2.26. The lowest BCUT2D eigenvalue weighted by Crippen LogP contribution is -1.89. The molecule has 0 saturated carbocycles. The van der Waals surface area contributed by atoms with Gasteiger partial charge < -0.3 is 0 Å². The Kier molecular flexibility index (Phi) is 3.90. The van der Waals surface area contributed by atoms with Crippen molar-refractivity contribution >= 4 is 32.9 Å². The van der Waals surface area contributed by atoms with E-state index in [0.717, 1.165) is 11.4 Å². The largest absolute Gasteiger partial charge is 0.260 e. The lowest BCUT2D eigenvalue weighted by atomic mass is 10.0. The van der Waals surface area contributed by atoms with Gasteiger partial charge in [0.15, 0.2) is 0 Å². The maximum atomic E-state index is 4.34. The summed E-state index contributed by atoms with van der Waals surface area (Å²) in [5, 5.41) is 13.4. The van der Waals surface area contributed by atoms with E-state index in [1.807, 2.05) is 12.1 Å². The first-order valence-electron chi connectivity index (χ1n) is 8.36. The van der Waals surface area contributed by atoms with Gasteiger partial charge in [-0.15, -0.1) is 5.11 Å². The van der Waals surface area contributed by atoms with Crippen LogP contribution in [0.1, 0.15) is 11.1 Å². The summed E-state index contributed by atoms with van der Waals surface area (Å²) in [7, 11) is 0. The molecule has 0 spiro atoms. The zero-order valence-electron chi connectivity index (χ0n) is 14.3. The summed E-state index contributed by atoms with van der Waals surface area (Å²) < 4.78 is 0. The average Bonchev–Trinajstić information content (AvgIpc) is 2.62. The van der Waals surface area contributed by atoms with Gasteiger partial charge in [0.1, 0.15) is 0 Å². The highest BCUT2D eigenvalue weighted by molar-refractivity contribution is 5.89. The van der Waals surface area contributed by atoms with Crippen LogP contribution >= 0.6 is 0 Å². The second-order valence-corrected chi connectivity index (χ2v) is 6.31. The van der Waals surface area contributed by atoms with Crippen LogP contribution in [0.2, 0.25) is 0 Å². The van der Waals surface area contributed by atoms with Crippen molar-refractivity contribution in [2.24, 2.45) is 10.3 Å². The number of benzene rings is 4. The van der Waals surface area contributed by atoms with E-state index < -0.39 is 0 Å². The van der Waals surface area contributed by atoms with Gasteiger partial charge in [-0.05, 0) is 70.8 Å². The lowest BCUT2D eigenvalue weighted by Gasteiger charge is -2.06. The Morgan fingerprint density at radius 2 is 1.28 bits per heavy atom. The fourth-order valence-corrected chi connectivity index (χ4v) is 3.25. The highest BCUT2D eigenvalue weighted by atomic mass is 15.4. The maximum Gasteiger partial charge on any atom is 0.0883 e. The van der Waals surface area contributed by atoms with Crippen LogP contribution < -0.4 is 5.43 Å². The topological polar surface area (TPSA) is 36.8 Å². The molecule has 0 aromatic heterocycles. The van der Waals surface area contributed by atoms with Crippen molar-refractivity contribution in [1.82, 2.24) is 0 Å². The molecular weight excluding hydrogens is 306 g/mol. The van der Waals surface area contributed by atoms with Crippen LogP contribution in [0.3, 0.4) is 0 Å². The molecule has 25 heavy (non-hydrogen) atoms. The van der Waals surface area contributed by atoms with Gasteiger partial charge >= 0.3 is 0 Å². The zero-order chi connectivity index (χ0) is 17.2. The van der Waals surface area contributed by atoms with Crippen LogP contribution in [-0.4, -0.2) is 0 Å². The minimum absolute atomic E-state index is 0.848. The average molecular weight is 325 g/mol. The van der Waals surface area contributed by atoms with Crippen molar-refractivity contribution in [1.29, 1.82) is 0 Å². The number of anilines is 1. The van der Waals surface area contributed by atoms with Gasteiger partial charge in [-0.1, -0.05) is 53.8 Å². The molecule has 3 heteroatoms. The van der Waals surface area contributed by atoms with Gasteiger partial charge in [0, 0.05) is 0 Å². The van der Waals surface area contributed by atoms with Gasteiger partial charge in [0.05, 0.1) is 11.4 Å². The van der Waals surface area contributed by atoms with Crippen LogP contribution in [0, 0.1) is 13.8 Å². The predicted octanol–water partition coefficient (Wildman–Crippen LogP) is 6.72. The Morgan fingerprint density at radius 3 is 2.00 bits per heavy atom. The number of nitrogens with zero attached hydrogens (tertiary/aromatic N) is 2. The summed E-state index contributed by atoms with van der Waals surface area (Å²) in [6.45, 7) is 4.21. The van der Waals surface area contributed by atoms with Crippen LogP contribution in [0.5, 0.6) is 0 Å². The normalized spacial score (nSPS) is 11.4. The molecule has 0 aliphatic heterocycles. The summed E-state index contributed by atoms with van der Waals surface area (Å²) in [5.41, 5.74) is 7.26. The standard InChI is InChI=1S/C22H19N3/c1-15-11-19(13-17-7-3-5-9-21(15)17)23-25-24-20-12-16(2)22-10-6-4-8-18(22)14-20/h3-14H,1-2H3,(H,23,24). The van der Waals surface area contributed by atoms with Crippen LogP contribution in [0.15, 0.2) is 83.1 Å². The van der Waals surface area contributed by atoms with E-state index in [2.05, 4.69) is 90.3 Å². The lowest BCUT2D eigenvalue weighted by molar-refractivity contribution is 1.13. The van der Waals surface area contributed by atoms with Crippen LogP contribution in [0.25, 0.3) is 21.5 Å². The van der Waals surface area contributed by atoms with E-state index in [-0.39, 0.29) is 0 Å². The summed E-state index contributed by atoms with van der Waals surface area (Å²) in [6.07, 6.45) is 0. The van der Waals surface area contributed by atoms with Gasteiger partial charge in [-0.3, -0.25) is 5.43 Å². The molecule has 0 unspecified atom stereocenters. The van der Waals surface area contributed by atoms with Crippen molar-refractivity contribution in [2.45, 2.75) is 13.8 Å². The first kappa shape index (κ1) is 15.3. The van der Waals surface area contributed by atoms with E-state index in [0.29, 0.717) is 0 Å². The molecule has 0 bridgehead atoms. The molecule has 0 aliphatic rings. The summed E-state index contributed by atoms with van der Waals surface area (Å²) in [6, 6.07) is 25.0. The first-order valence-corrected chi connectivity index (χ1v) is 8.36. The number of hydrogen-bond donors (Lipinski definition) is 1. The second-order valence-electron chi connectivity index (χ2n) is 6.31. The molecule has 0 amide bonds. The van der Waals surface area contributed by atoms with Crippen molar-refractivity contribution in [3.05, 3.63) is 83.9 Å². The Labute approximate surface area is 147 Å². The maximum absolute atomic E-state index is 4.34. The first-order chi connectivity index (χ1) is 12.2.